The molecule has 0 fully saturated rings. The van der Waals surface area contributed by atoms with E-state index in [4.69, 9.17) is 10.9 Å². The van der Waals surface area contributed by atoms with Crippen LogP contribution in [0.15, 0.2) is 29.4 Å². The summed E-state index contributed by atoms with van der Waals surface area (Å²) in [5, 5.41) is 23.6. The Kier molecular flexibility index (Phi) is 4.26. The van der Waals surface area contributed by atoms with Gasteiger partial charge in [0.1, 0.15) is 0 Å². The van der Waals surface area contributed by atoms with Gasteiger partial charge in [-0.15, -0.1) is 10.2 Å². The fourth-order valence-corrected chi connectivity index (χ4v) is 1.88. The molecule has 1 aromatic carbocycles. The highest BCUT2D eigenvalue weighted by atomic mass is 16.4. The minimum atomic E-state index is 0.102. The van der Waals surface area contributed by atoms with Gasteiger partial charge in [0, 0.05) is 12.1 Å². The van der Waals surface area contributed by atoms with Crippen LogP contribution >= 0.6 is 0 Å². The number of benzene rings is 1. The van der Waals surface area contributed by atoms with Crippen molar-refractivity contribution in [2.75, 3.05) is 7.05 Å². The van der Waals surface area contributed by atoms with Crippen LogP contribution in [0.1, 0.15) is 17.0 Å². The van der Waals surface area contributed by atoms with Crippen LogP contribution in [0.25, 0.3) is 0 Å². The molecule has 1 aromatic heterocycles. The quantitative estimate of drug-likeness (QED) is 0.343. The predicted octanol–water partition coefficient (Wildman–Crippen LogP) is -0.0634. The highest BCUT2D eigenvalue weighted by Crippen LogP contribution is 2.08. The van der Waals surface area contributed by atoms with Gasteiger partial charge in [-0.25, -0.2) is 0 Å². The smallest absolute Gasteiger partial charge is 0.188 e. The standard InChI is InChI=1S/C12H17N7O/c1-18(8-11-14-17-19(2)15-11)7-9-4-3-5-10(6-9)12(13)16-20/h3-6,20H,7-8H2,1-2H3,(H2,13,16). The average molecular weight is 275 g/mol. The van der Waals surface area contributed by atoms with Gasteiger partial charge in [0.05, 0.1) is 13.6 Å². The summed E-state index contributed by atoms with van der Waals surface area (Å²) in [7, 11) is 3.70. The normalized spacial score (nSPS) is 12.1. The van der Waals surface area contributed by atoms with Gasteiger partial charge in [0.2, 0.25) is 0 Å². The molecule has 0 saturated heterocycles. The van der Waals surface area contributed by atoms with Crippen LogP contribution in [0.5, 0.6) is 0 Å². The van der Waals surface area contributed by atoms with Crippen molar-refractivity contribution in [2.24, 2.45) is 17.9 Å². The lowest BCUT2D eigenvalue weighted by Gasteiger charge is -2.14. The molecule has 0 aliphatic heterocycles. The molecule has 106 valence electrons. The number of amidine groups is 1. The summed E-state index contributed by atoms with van der Waals surface area (Å²) < 4.78 is 0. The van der Waals surface area contributed by atoms with Gasteiger partial charge in [-0.1, -0.05) is 23.4 Å². The van der Waals surface area contributed by atoms with E-state index in [9.17, 15) is 0 Å². The van der Waals surface area contributed by atoms with Crippen LogP contribution < -0.4 is 5.73 Å². The Morgan fingerprint density at radius 2 is 2.25 bits per heavy atom. The predicted molar refractivity (Wildman–Crippen MR) is 72.9 cm³/mol. The zero-order valence-electron chi connectivity index (χ0n) is 11.4. The summed E-state index contributed by atoms with van der Waals surface area (Å²) in [6.45, 7) is 1.30. The first-order valence-corrected chi connectivity index (χ1v) is 6.06. The van der Waals surface area contributed by atoms with Gasteiger partial charge < -0.3 is 10.9 Å². The molecule has 2 aromatic rings. The number of oxime groups is 1. The number of nitrogens with zero attached hydrogens (tertiary/aromatic N) is 6. The highest BCUT2D eigenvalue weighted by molar-refractivity contribution is 5.97. The lowest BCUT2D eigenvalue weighted by atomic mass is 10.1. The van der Waals surface area contributed by atoms with Crippen LogP contribution in [0, 0.1) is 0 Å². The highest BCUT2D eigenvalue weighted by Gasteiger charge is 2.07. The molecule has 3 N–H and O–H groups in total. The molecule has 0 amide bonds. The van der Waals surface area contributed by atoms with Crippen LogP contribution in [-0.2, 0) is 20.1 Å². The average Bonchev–Trinajstić information content (AvgIpc) is 2.83. The SMILES string of the molecule is CN(Cc1cccc(/C(N)=N/O)c1)Cc1nnn(C)n1. The molecule has 2 rings (SSSR count). The first-order valence-electron chi connectivity index (χ1n) is 6.06. The van der Waals surface area contributed by atoms with Crippen molar-refractivity contribution in [3.05, 3.63) is 41.2 Å². The zero-order chi connectivity index (χ0) is 14.5. The maximum Gasteiger partial charge on any atom is 0.188 e. The molecule has 0 radical (unpaired) electrons. The molecule has 8 nitrogen and oxygen atoms in total. The van der Waals surface area contributed by atoms with E-state index < -0.39 is 0 Å². The molecular formula is C12H17N7O. The molecule has 8 heteroatoms. The topological polar surface area (TPSA) is 105 Å². The fraction of sp³-hybridized carbons (Fsp3) is 0.333. The maximum absolute atomic E-state index is 8.68. The first kappa shape index (κ1) is 13.9. The number of aromatic nitrogens is 4. The number of hydrogen-bond donors (Lipinski definition) is 2. The monoisotopic (exact) mass is 275 g/mol. The van der Waals surface area contributed by atoms with E-state index >= 15 is 0 Å². The molecule has 0 saturated carbocycles. The maximum atomic E-state index is 8.68. The minimum Gasteiger partial charge on any atom is -0.409 e. The second-order valence-electron chi connectivity index (χ2n) is 4.55. The molecule has 0 aliphatic rings. The second kappa shape index (κ2) is 6.11. The summed E-state index contributed by atoms with van der Waals surface area (Å²) in [4.78, 5) is 3.49. The van der Waals surface area contributed by atoms with Crippen molar-refractivity contribution in [3.63, 3.8) is 0 Å². The molecule has 0 atom stereocenters. The Morgan fingerprint density at radius 3 is 2.90 bits per heavy atom. The number of rotatable bonds is 5. The Labute approximate surface area is 116 Å². The number of tetrazole rings is 1. The number of hydrogen-bond acceptors (Lipinski definition) is 6. The van der Waals surface area contributed by atoms with Gasteiger partial charge in [0.25, 0.3) is 0 Å². The zero-order valence-corrected chi connectivity index (χ0v) is 11.4. The van der Waals surface area contributed by atoms with Gasteiger partial charge in [-0.2, -0.15) is 4.80 Å². The Bertz CT molecular complexity index is 607. The molecular weight excluding hydrogens is 258 g/mol. The summed E-state index contributed by atoms with van der Waals surface area (Å²) in [6.07, 6.45) is 0. The molecule has 0 bridgehead atoms. The summed E-state index contributed by atoms with van der Waals surface area (Å²) in [5.41, 5.74) is 7.32. The lowest BCUT2D eigenvalue weighted by molar-refractivity contribution is 0.310. The lowest BCUT2D eigenvalue weighted by Crippen LogP contribution is -2.19. The number of aryl methyl sites for hydroxylation is 1. The number of nitrogens with two attached hydrogens (primary N) is 1. The third-order valence-electron chi connectivity index (χ3n) is 2.74. The van der Waals surface area contributed by atoms with E-state index in [-0.39, 0.29) is 5.84 Å². The first-order chi connectivity index (χ1) is 9.58. The van der Waals surface area contributed by atoms with Crippen LogP contribution in [-0.4, -0.2) is 43.2 Å². The second-order valence-corrected chi connectivity index (χ2v) is 4.55. The summed E-state index contributed by atoms with van der Waals surface area (Å²) >= 11 is 0. The van der Waals surface area contributed by atoms with Crippen molar-refractivity contribution in [3.8, 4) is 0 Å². The van der Waals surface area contributed by atoms with Crippen molar-refractivity contribution < 1.29 is 5.21 Å². The van der Waals surface area contributed by atoms with Crippen LogP contribution in [0.4, 0.5) is 0 Å². The van der Waals surface area contributed by atoms with E-state index in [1.54, 1.807) is 13.1 Å². The van der Waals surface area contributed by atoms with Gasteiger partial charge >= 0.3 is 0 Å². The Hall–Kier alpha value is -2.48. The largest absolute Gasteiger partial charge is 0.409 e. The van der Waals surface area contributed by atoms with Crippen molar-refractivity contribution in [1.29, 1.82) is 0 Å². The van der Waals surface area contributed by atoms with E-state index in [1.807, 2.05) is 25.2 Å². The van der Waals surface area contributed by atoms with Gasteiger partial charge in [-0.05, 0) is 23.9 Å². The summed E-state index contributed by atoms with van der Waals surface area (Å²) in [5.74, 6) is 0.771. The molecule has 0 spiro atoms. The molecule has 0 aliphatic carbocycles. The van der Waals surface area contributed by atoms with E-state index in [0.717, 1.165) is 5.56 Å². The van der Waals surface area contributed by atoms with Gasteiger partial charge in [-0.3, -0.25) is 4.90 Å². The molecule has 1 heterocycles. The third-order valence-corrected chi connectivity index (χ3v) is 2.74. The Morgan fingerprint density at radius 1 is 1.45 bits per heavy atom. The molecule has 20 heavy (non-hydrogen) atoms. The van der Waals surface area contributed by atoms with Gasteiger partial charge in [0.15, 0.2) is 11.7 Å². The van der Waals surface area contributed by atoms with Crippen molar-refractivity contribution >= 4 is 5.84 Å². The van der Waals surface area contributed by atoms with E-state index in [0.29, 0.717) is 24.5 Å². The summed E-state index contributed by atoms with van der Waals surface area (Å²) in [6, 6.07) is 7.53. The Balaban J connectivity index is 2.02. The third kappa shape index (κ3) is 3.51. The van der Waals surface area contributed by atoms with Crippen LogP contribution in [0.3, 0.4) is 0 Å². The van der Waals surface area contributed by atoms with Crippen LogP contribution in [0.2, 0.25) is 0 Å². The minimum absolute atomic E-state index is 0.102. The van der Waals surface area contributed by atoms with Crippen molar-refractivity contribution in [1.82, 2.24) is 25.1 Å². The fourth-order valence-electron chi connectivity index (χ4n) is 1.88. The molecule has 0 unspecified atom stereocenters. The van der Waals surface area contributed by atoms with Crippen molar-refractivity contribution in [2.45, 2.75) is 13.1 Å². The van der Waals surface area contributed by atoms with E-state index in [2.05, 4.69) is 25.5 Å². The van der Waals surface area contributed by atoms with E-state index in [1.165, 1.54) is 4.80 Å².